The van der Waals surface area contributed by atoms with Gasteiger partial charge in [-0.15, -0.1) is 0 Å². The summed E-state index contributed by atoms with van der Waals surface area (Å²) in [4.78, 5) is 8.67. The number of aromatic nitrogens is 5. The lowest BCUT2D eigenvalue weighted by Crippen LogP contribution is -1.97. The normalized spacial score (nSPS) is 10.7. The maximum Gasteiger partial charge on any atom is 0.260 e. The van der Waals surface area contributed by atoms with Crippen LogP contribution in [0.5, 0.6) is 0 Å². The highest BCUT2D eigenvalue weighted by Gasteiger charge is 2.15. The lowest BCUT2D eigenvalue weighted by molar-refractivity contribution is 0.432. The average molecular weight is 289 g/mol. The van der Waals surface area contributed by atoms with Gasteiger partial charge < -0.3 is 4.52 Å². The third-order valence-corrected chi connectivity index (χ3v) is 3.21. The van der Waals surface area contributed by atoms with Crippen molar-refractivity contribution in [3.8, 4) is 28.7 Å². The van der Waals surface area contributed by atoms with E-state index in [0.717, 1.165) is 11.3 Å². The number of hydrogen-bond donors (Lipinski definition) is 0. The van der Waals surface area contributed by atoms with Gasteiger partial charge in [0.25, 0.3) is 5.89 Å². The van der Waals surface area contributed by atoms with Crippen molar-refractivity contribution in [1.29, 1.82) is 0 Å². The Balaban J connectivity index is 1.80. The summed E-state index contributed by atoms with van der Waals surface area (Å²) in [6, 6.07) is 15.2. The molecule has 0 bridgehead atoms. The molecule has 0 atom stereocenters. The Morgan fingerprint density at radius 2 is 1.82 bits per heavy atom. The van der Waals surface area contributed by atoms with E-state index >= 15 is 0 Å². The highest BCUT2D eigenvalue weighted by atomic mass is 16.5. The Labute approximate surface area is 126 Å². The lowest BCUT2D eigenvalue weighted by Gasteiger charge is -2.05. The molecule has 0 saturated heterocycles. The summed E-state index contributed by atoms with van der Waals surface area (Å²) in [5.41, 5.74) is 2.37. The predicted octanol–water partition coefficient (Wildman–Crippen LogP) is 2.98. The second-order valence-electron chi connectivity index (χ2n) is 4.61. The molecular formula is C16H11N5O. The number of nitrogens with zero attached hydrogens (tertiary/aromatic N) is 5. The first kappa shape index (κ1) is 12.5. The highest BCUT2D eigenvalue weighted by molar-refractivity contribution is 5.67. The maximum absolute atomic E-state index is 5.40. The van der Waals surface area contributed by atoms with Gasteiger partial charge in [-0.25, -0.2) is 4.68 Å². The molecule has 6 heteroatoms. The van der Waals surface area contributed by atoms with Crippen molar-refractivity contribution in [2.24, 2.45) is 0 Å². The molecule has 0 aliphatic rings. The van der Waals surface area contributed by atoms with E-state index < -0.39 is 0 Å². The lowest BCUT2D eigenvalue weighted by atomic mass is 10.2. The minimum Gasteiger partial charge on any atom is -0.333 e. The van der Waals surface area contributed by atoms with E-state index in [1.807, 2.05) is 54.7 Å². The fourth-order valence-electron chi connectivity index (χ4n) is 2.20. The van der Waals surface area contributed by atoms with Gasteiger partial charge in [-0.3, -0.25) is 4.98 Å². The van der Waals surface area contributed by atoms with Crippen LogP contribution in [0.15, 0.2) is 71.6 Å². The first-order chi connectivity index (χ1) is 10.9. The molecule has 22 heavy (non-hydrogen) atoms. The van der Waals surface area contributed by atoms with Crippen LogP contribution in [0.4, 0.5) is 0 Å². The van der Waals surface area contributed by atoms with Crippen LogP contribution in [0.3, 0.4) is 0 Å². The second kappa shape index (κ2) is 5.25. The van der Waals surface area contributed by atoms with Gasteiger partial charge in [-0.05, 0) is 30.3 Å². The number of para-hydroxylation sites is 1. The summed E-state index contributed by atoms with van der Waals surface area (Å²) in [6.45, 7) is 0. The Bertz CT molecular complexity index is 884. The maximum atomic E-state index is 5.40. The molecule has 0 fully saturated rings. The monoisotopic (exact) mass is 289 g/mol. The molecule has 0 N–H and O–H groups in total. The van der Waals surface area contributed by atoms with Crippen LogP contribution in [-0.4, -0.2) is 24.9 Å². The molecule has 4 rings (SSSR count). The Kier molecular flexibility index (Phi) is 2.97. The molecule has 0 aliphatic heterocycles. The quantitative estimate of drug-likeness (QED) is 0.580. The van der Waals surface area contributed by atoms with Crippen molar-refractivity contribution in [2.45, 2.75) is 0 Å². The third-order valence-electron chi connectivity index (χ3n) is 3.21. The zero-order valence-electron chi connectivity index (χ0n) is 11.5. The predicted molar refractivity (Wildman–Crippen MR) is 80.1 cm³/mol. The summed E-state index contributed by atoms with van der Waals surface area (Å²) < 4.78 is 7.17. The van der Waals surface area contributed by atoms with Crippen LogP contribution in [0.1, 0.15) is 0 Å². The smallest absolute Gasteiger partial charge is 0.260 e. The van der Waals surface area contributed by atoms with Crippen LogP contribution in [0.25, 0.3) is 28.7 Å². The van der Waals surface area contributed by atoms with Crippen LogP contribution in [-0.2, 0) is 0 Å². The van der Waals surface area contributed by atoms with Crippen LogP contribution in [0, 0.1) is 0 Å². The summed E-state index contributed by atoms with van der Waals surface area (Å²) in [7, 11) is 0. The number of benzene rings is 1. The number of hydrogen-bond acceptors (Lipinski definition) is 5. The topological polar surface area (TPSA) is 69.6 Å². The van der Waals surface area contributed by atoms with Gasteiger partial charge in [0.1, 0.15) is 5.69 Å². The summed E-state index contributed by atoms with van der Waals surface area (Å²) in [5.74, 6) is 0.901. The molecule has 3 aromatic heterocycles. The zero-order valence-corrected chi connectivity index (χ0v) is 11.5. The minimum atomic E-state index is 0.437. The summed E-state index contributed by atoms with van der Waals surface area (Å²) in [5, 5.41) is 8.26. The molecule has 4 aromatic rings. The van der Waals surface area contributed by atoms with Gasteiger partial charge in [0.15, 0.2) is 0 Å². The van der Waals surface area contributed by atoms with E-state index in [1.165, 1.54) is 0 Å². The van der Waals surface area contributed by atoms with E-state index in [0.29, 0.717) is 17.4 Å². The van der Waals surface area contributed by atoms with Gasteiger partial charge in [-0.2, -0.15) is 10.1 Å². The Morgan fingerprint density at radius 3 is 2.64 bits per heavy atom. The molecular weight excluding hydrogens is 278 g/mol. The van der Waals surface area contributed by atoms with Gasteiger partial charge in [0.2, 0.25) is 5.82 Å². The van der Waals surface area contributed by atoms with Gasteiger partial charge in [0, 0.05) is 18.6 Å². The van der Waals surface area contributed by atoms with Crippen molar-refractivity contribution >= 4 is 0 Å². The van der Waals surface area contributed by atoms with E-state index in [9.17, 15) is 0 Å². The molecule has 0 saturated carbocycles. The third kappa shape index (κ3) is 2.16. The standard InChI is InChI=1S/C16H11N5O/c1-2-8-14(21-11-5-10-18-21)12(6-1)16-19-15(20-22-16)13-7-3-4-9-17-13/h1-11H. The molecule has 106 valence electrons. The van der Waals surface area contributed by atoms with E-state index in [1.54, 1.807) is 17.1 Å². The average Bonchev–Trinajstić information content (AvgIpc) is 3.28. The molecule has 0 aliphatic carbocycles. The fourth-order valence-corrected chi connectivity index (χ4v) is 2.20. The number of pyridine rings is 1. The van der Waals surface area contributed by atoms with E-state index in [-0.39, 0.29) is 0 Å². The van der Waals surface area contributed by atoms with Gasteiger partial charge in [0.05, 0.1) is 11.3 Å². The van der Waals surface area contributed by atoms with Crippen LogP contribution in [0.2, 0.25) is 0 Å². The summed E-state index contributed by atoms with van der Waals surface area (Å²) >= 11 is 0. The fraction of sp³-hybridized carbons (Fsp3) is 0. The largest absolute Gasteiger partial charge is 0.333 e. The first-order valence-corrected chi connectivity index (χ1v) is 6.76. The van der Waals surface area contributed by atoms with Crippen LogP contribution < -0.4 is 0 Å². The SMILES string of the molecule is c1ccc(-c2noc(-c3ccccc3-n3cccn3)n2)nc1. The molecule has 0 spiro atoms. The van der Waals surface area contributed by atoms with E-state index in [2.05, 4.69) is 20.2 Å². The van der Waals surface area contributed by atoms with Crippen molar-refractivity contribution < 1.29 is 4.52 Å². The zero-order chi connectivity index (χ0) is 14.8. The van der Waals surface area contributed by atoms with Gasteiger partial charge in [-0.1, -0.05) is 23.4 Å². The second-order valence-corrected chi connectivity index (χ2v) is 4.61. The van der Waals surface area contributed by atoms with Crippen molar-refractivity contribution in [3.05, 3.63) is 67.1 Å². The van der Waals surface area contributed by atoms with Crippen molar-refractivity contribution in [2.75, 3.05) is 0 Å². The Morgan fingerprint density at radius 1 is 0.909 bits per heavy atom. The van der Waals surface area contributed by atoms with Crippen molar-refractivity contribution in [1.82, 2.24) is 24.9 Å². The van der Waals surface area contributed by atoms with Crippen LogP contribution >= 0.6 is 0 Å². The summed E-state index contributed by atoms with van der Waals surface area (Å²) in [6.07, 6.45) is 5.29. The highest BCUT2D eigenvalue weighted by Crippen LogP contribution is 2.26. The molecule has 1 aromatic carbocycles. The molecule has 0 amide bonds. The van der Waals surface area contributed by atoms with Crippen molar-refractivity contribution in [3.63, 3.8) is 0 Å². The molecule has 3 heterocycles. The Hall–Kier alpha value is -3.28. The minimum absolute atomic E-state index is 0.437. The molecule has 0 radical (unpaired) electrons. The molecule has 6 nitrogen and oxygen atoms in total. The number of rotatable bonds is 3. The van der Waals surface area contributed by atoms with E-state index in [4.69, 9.17) is 4.52 Å². The van der Waals surface area contributed by atoms with Gasteiger partial charge >= 0.3 is 0 Å². The first-order valence-electron chi connectivity index (χ1n) is 6.76. The molecule has 0 unspecified atom stereocenters.